The Morgan fingerprint density at radius 1 is 0.857 bits per heavy atom. The summed E-state index contributed by atoms with van der Waals surface area (Å²) in [5.41, 5.74) is 0.854. The molecule has 2 heterocycles. The van der Waals surface area contributed by atoms with Crippen molar-refractivity contribution in [2.45, 2.75) is 6.10 Å². The first kappa shape index (κ1) is 18.0. The Balaban J connectivity index is 1.48. The number of hydrogen-bond acceptors (Lipinski definition) is 5. The Hall–Kier alpha value is -3.41. The lowest BCUT2D eigenvalue weighted by atomic mass is 10.1. The van der Waals surface area contributed by atoms with Crippen molar-refractivity contribution in [2.24, 2.45) is 0 Å². The van der Waals surface area contributed by atoms with E-state index >= 15 is 0 Å². The van der Waals surface area contributed by atoms with Crippen LogP contribution in [-0.2, 0) is 4.79 Å². The molecule has 4 rings (SSSR count). The number of para-hydroxylation sites is 1. The summed E-state index contributed by atoms with van der Waals surface area (Å²) in [5.74, 6) is 1.51. The Labute approximate surface area is 164 Å². The summed E-state index contributed by atoms with van der Waals surface area (Å²) in [6, 6.07) is 22.9. The SMILES string of the molecule is O=C(C(Oc1ccccc1)c1ccccc1)N1CCN(c2cccnn2)CC1. The third kappa shape index (κ3) is 4.11. The highest BCUT2D eigenvalue weighted by molar-refractivity contribution is 5.83. The maximum Gasteiger partial charge on any atom is 0.268 e. The summed E-state index contributed by atoms with van der Waals surface area (Å²) in [4.78, 5) is 17.3. The third-order valence-electron chi connectivity index (χ3n) is 4.80. The zero-order chi connectivity index (χ0) is 19.2. The van der Waals surface area contributed by atoms with Gasteiger partial charge in [0.15, 0.2) is 5.82 Å². The zero-order valence-corrected chi connectivity index (χ0v) is 15.5. The van der Waals surface area contributed by atoms with Crippen LogP contribution < -0.4 is 9.64 Å². The van der Waals surface area contributed by atoms with E-state index in [0.29, 0.717) is 18.8 Å². The van der Waals surface area contributed by atoms with Gasteiger partial charge >= 0.3 is 0 Å². The Morgan fingerprint density at radius 2 is 1.54 bits per heavy atom. The van der Waals surface area contributed by atoms with E-state index in [1.165, 1.54) is 0 Å². The maximum atomic E-state index is 13.3. The van der Waals surface area contributed by atoms with Crippen LogP contribution in [0.15, 0.2) is 79.0 Å². The number of anilines is 1. The average Bonchev–Trinajstić information content (AvgIpc) is 2.79. The van der Waals surface area contributed by atoms with Gasteiger partial charge in [-0.25, -0.2) is 0 Å². The van der Waals surface area contributed by atoms with Gasteiger partial charge in [-0.3, -0.25) is 4.79 Å². The van der Waals surface area contributed by atoms with E-state index in [4.69, 9.17) is 4.74 Å². The third-order valence-corrected chi connectivity index (χ3v) is 4.80. The highest BCUT2D eigenvalue weighted by Gasteiger charge is 2.30. The maximum absolute atomic E-state index is 13.3. The van der Waals surface area contributed by atoms with Gasteiger partial charge in [0.1, 0.15) is 5.75 Å². The van der Waals surface area contributed by atoms with Gasteiger partial charge in [0.25, 0.3) is 5.91 Å². The molecule has 1 amide bonds. The van der Waals surface area contributed by atoms with Gasteiger partial charge in [-0.05, 0) is 24.3 Å². The molecule has 1 aromatic heterocycles. The van der Waals surface area contributed by atoms with E-state index in [1.54, 1.807) is 6.20 Å². The number of amides is 1. The minimum atomic E-state index is -0.660. The van der Waals surface area contributed by atoms with Crippen LogP contribution >= 0.6 is 0 Å². The second kappa shape index (κ2) is 8.52. The van der Waals surface area contributed by atoms with Crippen molar-refractivity contribution in [1.82, 2.24) is 15.1 Å². The molecule has 1 unspecified atom stereocenters. The number of aromatic nitrogens is 2. The molecule has 0 saturated carbocycles. The molecule has 1 fully saturated rings. The van der Waals surface area contributed by atoms with Crippen LogP contribution in [0.3, 0.4) is 0 Å². The number of nitrogens with zero attached hydrogens (tertiary/aromatic N) is 4. The largest absolute Gasteiger partial charge is 0.476 e. The molecule has 142 valence electrons. The molecule has 1 saturated heterocycles. The number of carbonyl (C=O) groups excluding carboxylic acids is 1. The van der Waals surface area contributed by atoms with E-state index in [0.717, 1.165) is 24.5 Å². The van der Waals surface area contributed by atoms with Crippen LogP contribution in [0.25, 0.3) is 0 Å². The van der Waals surface area contributed by atoms with Crippen LogP contribution in [0.5, 0.6) is 5.75 Å². The van der Waals surface area contributed by atoms with Crippen molar-refractivity contribution in [2.75, 3.05) is 31.1 Å². The van der Waals surface area contributed by atoms with E-state index in [9.17, 15) is 4.79 Å². The molecule has 6 nitrogen and oxygen atoms in total. The summed E-state index contributed by atoms with van der Waals surface area (Å²) >= 11 is 0. The fourth-order valence-electron chi connectivity index (χ4n) is 3.31. The highest BCUT2D eigenvalue weighted by atomic mass is 16.5. The quantitative estimate of drug-likeness (QED) is 0.687. The van der Waals surface area contributed by atoms with Gasteiger partial charge in [0.05, 0.1) is 0 Å². The number of rotatable bonds is 5. The van der Waals surface area contributed by atoms with Gasteiger partial charge in [0, 0.05) is 37.9 Å². The summed E-state index contributed by atoms with van der Waals surface area (Å²) in [6.45, 7) is 2.68. The standard InChI is InChI=1S/C22H22N4O2/c27-22(26-16-14-25(15-17-26)20-12-7-13-23-24-20)21(18-8-3-1-4-9-18)28-19-10-5-2-6-11-19/h1-13,21H,14-17H2. The molecule has 3 aromatic rings. The zero-order valence-electron chi connectivity index (χ0n) is 15.5. The molecule has 0 aliphatic carbocycles. The lowest BCUT2D eigenvalue weighted by Gasteiger charge is -2.36. The molecule has 1 atom stereocenters. The fraction of sp³-hybridized carbons (Fsp3) is 0.227. The van der Waals surface area contributed by atoms with Crippen LogP contribution in [0, 0.1) is 0 Å². The predicted molar refractivity (Wildman–Crippen MR) is 107 cm³/mol. The molecule has 0 bridgehead atoms. The topological polar surface area (TPSA) is 58.6 Å². The van der Waals surface area contributed by atoms with Gasteiger partial charge in [-0.15, -0.1) is 5.10 Å². The van der Waals surface area contributed by atoms with Gasteiger partial charge in [-0.2, -0.15) is 5.10 Å². The Morgan fingerprint density at radius 3 is 2.18 bits per heavy atom. The van der Waals surface area contributed by atoms with Crippen molar-refractivity contribution in [3.63, 3.8) is 0 Å². The lowest BCUT2D eigenvalue weighted by Crippen LogP contribution is -2.50. The first-order chi connectivity index (χ1) is 13.8. The summed E-state index contributed by atoms with van der Waals surface area (Å²) in [7, 11) is 0. The monoisotopic (exact) mass is 374 g/mol. The van der Waals surface area contributed by atoms with Crippen LogP contribution in [0.1, 0.15) is 11.7 Å². The predicted octanol–water partition coefficient (Wildman–Crippen LogP) is 2.95. The number of piperazine rings is 1. The first-order valence-electron chi connectivity index (χ1n) is 9.39. The van der Waals surface area contributed by atoms with E-state index in [-0.39, 0.29) is 5.91 Å². The molecular formula is C22H22N4O2. The van der Waals surface area contributed by atoms with Crippen molar-refractivity contribution < 1.29 is 9.53 Å². The molecular weight excluding hydrogens is 352 g/mol. The number of ether oxygens (including phenoxy) is 1. The molecule has 0 radical (unpaired) electrons. The van der Waals surface area contributed by atoms with Crippen LogP contribution in [0.4, 0.5) is 5.82 Å². The molecule has 1 aliphatic rings. The van der Waals surface area contributed by atoms with Crippen molar-refractivity contribution in [3.05, 3.63) is 84.6 Å². The lowest BCUT2D eigenvalue weighted by molar-refractivity contribution is -0.139. The summed E-state index contributed by atoms with van der Waals surface area (Å²) in [5, 5.41) is 8.10. The minimum Gasteiger partial charge on any atom is -0.476 e. The smallest absolute Gasteiger partial charge is 0.268 e. The van der Waals surface area contributed by atoms with Crippen molar-refractivity contribution in [1.29, 1.82) is 0 Å². The highest BCUT2D eigenvalue weighted by Crippen LogP contribution is 2.25. The molecule has 0 N–H and O–H groups in total. The molecule has 28 heavy (non-hydrogen) atoms. The molecule has 2 aromatic carbocycles. The summed E-state index contributed by atoms with van der Waals surface area (Å²) in [6.07, 6.45) is 1.00. The molecule has 1 aliphatic heterocycles. The number of benzene rings is 2. The van der Waals surface area contributed by atoms with E-state index in [1.807, 2.05) is 77.7 Å². The average molecular weight is 374 g/mol. The van der Waals surface area contributed by atoms with E-state index in [2.05, 4.69) is 15.1 Å². The van der Waals surface area contributed by atoms with Crippen LogP contribution in [-0.4, -0.2) is 47.2 Å². The minimum absolute atomic E-state index is 0.0196. The number of carbonyl (C=O) groups is 1. The number of hydrogen-bond donors (Lipinski definition) is 0. The Kier molecular flexibility index (Phi) is 5.47. The second-order valence-electron chi connectivity index (χ2n) is 6.62. The van der Waals surface area contributed by atoms with Gasteiger partial charge in [0.2, 0.25) is 6.10 Å². The summed E-state index contributed by atoms with van der Waals surface area (Å²) < 4.78 is 6.10. The fourth-order valence-corrected chi connectivity index (χ4v) is 3.31. The van der Waals surface area contributed by atoms with Crippen LogP contribution in [0.2, 0.25) is 0 Å². The van der Waals surface area contributed by atoms with Gasteiger partial charge < -0.3 is 14.5 Å². The molecule has 6 heteroatoms. The first-order valence-corrected chi connectivity index (χ1v) is 9.39. The van der Waals surface area contributed by atoms with Gasteiger partial charge in [-0.1, -0.05) is 48.5 Å². The van der Waals surface area contributed by atoms with E-state index < -0.39 is 6.10 Å². The van der Waals surface area contributed by atoms with Crippen molar-refractivity contribution in [3.8, 4) is 5.75 Å². The molecule has 0 spiro atoms. The normalized spacial score (nSPS) is 15.1. The van der Waals surface area contributed by atoms with Crippen molar-refractivity contribution >= 4 is 11.7 Å². The Bertz CT molecular complexity index is 882. The second-order valence-corrected chi connectivity index (χ2v) is 6.62.